The predicted molar refractivity (Wildman–Crippen MR) is 64.2 cm³/mol. The number of hydrogen-bond donors (Lipinski definition) is 0. The lowest BCUT2D eigenvalue weighted by Crippen LogP contribution is -1.98. The first-order valence-corrected chi connectivity index (χ1v) is 6.67. The minimum absolute atomic E-state index is 0.399. The SMILES string of the molecule is C#CCOCCSSCCOCC#C. The van der Waals surface area contributed by atoms with E-state index in [0.717, 1.165) is 11.5 Å². The highest BCUT2D eigenvalue weighted by Gasteiger charge is 1.91. The van der Waals surface area contributed by atoms with E-state index in [-0.39, 0.29) is 0 Å². The van der Waals surface area contributed by atoms with E-state index in [1.165, 1.54) is 0 Å². The van der Waals surface area contributed by atoms with Crippen LogP contribution in [0.3, 0.4) is 0 Å². The molecule has 14 heavy (non-hydrogen) atoms. The van der Waals surface area contributed by atoms with Crippen LogP contribution in [-0.2, 0) is 9.47 Å². The Kier molecular flexibility index (Phi) is 12.5. The predicted octanol–water partition coefficient (Wildman–Crippen LogP) is 1.67. The van der Waals surface area contributed by atoms with Crippen LogP contribution in [0, 0.1) is 24.7 Å². The molecule has 0 saturated heterocycles. The van der Waals surface area contributed by atoms with Gasteiger partial charge in [-0.2, -0.15) is 0 Å². The monoisotopic (exact) mass is 230 g/mol. The molecule has 0 heterocycles. The fraction of sp³-hybridized carbons (Fsp3) is 0.600. The van der Waals surface area contributed by atoms with Gasteiger partial charge in [0.25, 0.3) is 0 Å². The van der Waals surface area contributed by atoms with Crippen molar-refractivity contribution in [3.05, 3.63) is 0 Å². The topological polar surface area (TPSA) is 18.5 Å². The highest BCUT2D eigenvalue weighted by molar-refractivity contribution is 8.76. The van der Waals surface area contributed by atoms with Crippen LogP contribution in [0.25, 0.3) is 0 Å². The maximum absolute atomic E-state index is 5.10. The van der Waals surface area contributed by atoms with Crippen LogP contribution in [0.4, 0.5) is 0 Å². The highest BCUT2D eigenvalue weighted by atomic mass is 33.1. The maximum atomic E-state index is 5.10. The van der Waals surface area contributed by atoms with E-state index in [0.29, 0.717) is 26.4 Å². The van der Waals surface area contributed by atoms with E-state index < -0.39 is 0 Å². The Morgan fingerprint density at radius 2 is 1.29 bits per heavy atom. The van der Waals surface area contributed by atoms with Gasteiger partial charge in [-0.1, -0.05) is 33.4 Å². The van der Waals surface area contributed by atoms with Crippen molar-refractivity contribution in [2.75, 3.05) is 37.9 Å². The zero-order valence-corrected chi connectivity index (χ0v) is 9.66. The molecule has 0 rings (SSSR count). The van der Waals surface area contributed by atoms with Gasteiger partial charge in [-0.3, -0.25) is 0 Å². The molecule has 0 fully saturated rings. The van der Waals surface area contributed by atoms with Crippen LogP contribution < -0.4 is 0 Å². The summed E-state index contributed by atoms with van der Waals surface area (Å²) < 4.78 is 10.2. The van der Waals surface area contributed by atoms with Crippen LogP contribution in [0.15, 0.2) is 0 Å². The van der Waals surface area contributed by atoms with Crippen LogP contribution >= 0.6 is 21.6 Å². The standard InChI is InChI=1S/C10H14O2S2/c1-3-5-11-7-9-13-14-10-8-12-6-4-2/h1-2H,5-10H2. The quantitative estimate of drug-likeness (QED) is 0.340. The number of ether oxygens (including phenoxy) is 2. The van der Waals surface area contributed by atoms with Crippen molar-refractivity contribution >= 4 is 21.6 Å². The van der Waals surface area contributed by atoms with E-state index in [2.05, 4.69) is 11.8 Å². The molecule has 0 radical (unpaired) electrons. The third-order valence-corrected chi connectivity index (χ3v) is 3.41. The van der Waals surface area contributed by atoms with Gasteiger partial charge in [-0.25, -0.2) is 0 Å². The molecule has 0 bridgehead atoms. The average Bonchev–Trinajstić information content (AvgIpc) is 2.21. The summed E-state index contributed by atoms with van der Waals surface area (Å²) in [6, 6.07) is 0. The fourth-order valence-electron chi connectivity index (χ4n) is 0.566. The zero-order valence-electron chi connectivity index (χ0n) is 8.03. The zero-order chi connectivity index (χ0) is 10.5. The van der Waals surface area contributed by atoms with Crippen molar-refractivity contribution in [3.8, 4) is 24.7 Å². The molecule has 0 aromatic carbocycles. The summed E-state index contributed by atoms with van der Waals surface area (Å²) in [6.07, 6.45) is 10.0. The molecular weight excluding hydrogens is 216 g/mol. The van der Waals surface area contributed by atoms with Crippen molar-refractivity contribution in [1.82, 2.24) is 0 Å². The Morgan fingerprint density at radius 1 is 0.857 bits per heavy atom. The van der Waals surface area contributed by atoms with Gasteiger partial charge in [0.15, 0.2) is 0 Å². The first kappa shape index (κ1) is 13.7. The van der Waals surface area contributed by atoms with E-state index in [1.54, 1.807) is 21.6 Å². The van der Waals surface area contributed by atoms with E-state index in [9.17, 15) is 0 Å². The Balaban J connectivity index is 2.86. The Labute approximate surface area is 93.9 Å². The summed E-state index contributed by atoms with van der Waals surface area (Å²) >= 11 is 0. The molecule has 0 aromatic heterocycles. The Bertz CT molecular complexity index is 171. The molecule has 0 unspecified atom stereocenters. The van der Waals surface area contributed by atoms with Gasteiger partial charge >= 0.3 is 0 Å². The molecule has 78 valence electrons. The van der Waals surface area contributed by atoms with Gasteiger partial charge in [-0.15, -0.1) is 12.8 Å². The van der Waals surface area contributed by atoms with E-state index in [1.807, 2.05) is 0 Å². The fourth-order valence-corrected chi connectivity index (χ4v) is 2.29. The molecule has 0 spiro atoms. The minimum Gasteiger partial charge on any atom is -0.368 e. The van der Waals surface area contributed by atoms with Crippen LogP contribution in [0.1, 0.15) is 0 Å². The van der Waals surface area contributed by atoms with Crippen molar-refractivity contribution < 1.29 is 9.47 Å². The molecule has 0 aliphatic rings. The first-order chi connectivity index (χ1) is 6.91. The van der Waals surface area contributed by atoms with Crippen LogP contribution in [0.2, 0.25) is 0 Å². The van der Waals surface area contributed by atoms with Crippen LogP contribution in [-0.4, -0.2) is 37.9 Å². The number of terminal acetylenes is 2. The lowest BCUT2D eigenvalue weighted by atomic mass is 10.7. The maximum Gasteiger partial charge on any atom is 0.107 e. The second kappa shape index (κ2) is 12.7. The van der Waals surface area contributed by atoms with Crippen LogP contribution in [0.5, 0.6) is 0 Å². The molecule has 0 aromatic rings. The van der Waals surface area contributed by atoms with Crippen molar-refractivity contribution in [3.63, 3.8) is 0 Å². The van der Waals surface area contributed by atoms with E-state index in [4.69, 9.17) is 22.3 Å². The largest absolute Gasteiger partial charge is 0.368 e. The molecule has 4 heteroatoms. The number of rotatable bonds is 9. The van der Waals surface area contributed by atoms with Crippen molar-refractivity contribution in [2.45, 2.75) is 0 Å². The van der Waals surface area contributed by atoms with Gasteiger partial charge < -0.3 is 9.47 Å². The molecule has 0 atom stereocenters. The smallest absolute Gasteiger partial charge is 0.107 e. The molecule has 0 aliphatic carbocycles. The van der Waals surface area contributed by atoms with Gasteiger partial charge in [0.1, 0.15) is 13.2 Å². The summed E-state index contributed by atoms with van der Waals surface area (Å²) in [6.45, 7) is 2.20. The lowest BCUT2D eigenvalue weighted by Gasteiger charge is -2.01. The minimum atomic E-state index is 0.399. The van der Waals surface area contributed by atoms with Gasteiger partial charge in [0.2, 0.25) is 0 Å². The second-order valence-electron chi connectivity index (χ2n) is 2.16. The third kappa shape index (κ3) is 11.7. The summed E-state index contributed by atoms with van der Waals surface area (Å²) in [4.78, 5) is 0. The van der Waals surface area contributed by atoms with Gasteiger partial charge in [-0.05, 0) is 0 Å². The average molecular weight is 230 g/mol. The summed E-state index contributed by atoms with van der Waals surface area (Å²) in [5.74, 6) is 6.72. The normalized spacial score (nSPS) is 9.29. The first-order valence-electron chi connectivity index (χ1n) is 4.18. The van der Waals surface area contributed by atoms with E-state index >= 15 is 0 Å². The molecule has 0 amide bonds. The summed E-state index contributed by atoms with van der Waals surface area (Å²) in [7, 11) is 3.51. The third-order valence-electron chi connectivity index (χ3n) is 1.08. The number of hydrogen-bond acceptors (Lipinski definition) is 4. The molecule has 0 N–H and O–H groups in total. The molecular formula is C10H14O2S2. The van der Waals surface area contributed by atoms with Gasteiger partial charge in [0, 0.05) is 11.5 Å². The van der Waals surface area contributed by atoms with Crippen molar-refractivity contribution in [2.24, 2.45) is 0 Å². The summed E-state index contributed by atoms with van der Waals surface area (Å²) in [5, 5.41) is 0. The Morgan fingerprint density at radius 3 is 1.64 bits per heavy atom. The van der Waals surface area contributed by atoms with Crippen molar-refractivity contribution in [1.29, 1.82) is 0 Å². The lowest BCUT2D eigenvalue weighted by molar-refractivity contribution is 0.185. The molecule has 0 saturated carbocycles. The summed E-state index contributed by atoms with van der Waals surface area (Å²) in [5.41, 5.74) is 0. The molecule has 0 aliphatic heterocycles. The Hall–Kier alpha value is -0.260. The molecule has 2 nitrogen and oxygen atoms in total. The van der Waals surface area contributed by atoms with Gasteiger partial charge in [0.05, 0.1) is 13.2 Å². The highest BCUT2D eigenvalue weighted by Crippen LogP contribution is 2.19. The second-order valence-corrected chi connectivity index (χ2v) is 4.86.